The molecule has 0 unspecified atom stereocenters. The fraction of sp³-hybridized carbons (Fsp3) is 1.00. The van der Waals surface area contributed by atoms with Crippen LogP contribution in [0, 0.1) is 0 Å². The average Bonchev–Trinajstić information content (AvgIpc) is 2.14. The van der Waals surface area contributed by atoms with Gasteiger partial charge in [-0.05, 0) is 0 Å². The molecule has 0 saturated heterocycles. The summed E-state index contributed by atoms with van der Waals surface area (Å²) in [5, 5.41) is 0. The predicted octanol–water partition coefficient (Wildman–Crippen LogP) is 0.0303. The maximum absolute atomic E-state index is 4.99. The van der Waals surface area contributed by atoms with Crippen LogP contribution in [0.4, 0.5) is 0 Å². The third-order valence-corrected chi connectivity index (χ3v) is 1.87. The molecule has 0 aliphatic heterocycles. The Balaban J connectivity index is 4.42. The summed E-state index contributed by atoms with van der Waals surface area (Å²) < 4.78 is 24.8. The Bertz CT molecular complexity index is 104. The first-order valence-corrected chi connectivity index (χ1v) is 3.85. The van der Waals surface area contributed by atoms with Crippen molar-refractivity contribution < 1.29 is 43.1 Å². The molecule has 5 nitrogen and oxygen atoms in total. The normalized spacial score (nSPS) is 12.3. The van der Waals surface area contributed by atoms with E-state index >= 15 is 0 Å². The first-order chi connectivity index (χ1) is 5.70. The van der Waals surface area contributed by atoms with Crippen molar-refractivity contribution in [3.8, 4) is 0 Å². The van der Waals surface area contributed by atoms with Crippen molar-refractivity contribution in [3.05, 3.63) is 0 Å². The molecular weight excluding hydrogens is 200 g/mol. The molecule has 0 N–H and O–H groups in total. The Morgan fingerprint density at radius 3 is 1.50 bits per heavy atom. The average molecular weight is 213 g/mol. The van der Waals surface area contributed by atoms with Crippen LogP contribution in [0.15, 0.2) is 0 Å². The van der Waals surface area contributed by atoms with Crippen LogP contribution in [-0.2, 0) is 43.1 Å². The summed E-state index contributed by atoms with van der Waals surface area (Å²) in [7, 11) is 5.83. The quantitative estimate of drug-likeness (QED) is 0.460. The van der Waals surface area contributed by atoms with Gasteiger partial charge < -0.3 is 0 Å². The van der Waals surface area contributed by atoms with E-state index in [9.17, 15) is 0 Å². The van der Waals surface area contributed by atoms with Gasteiger partial charge in [-0.2, -0.15) is 0 Å². The first-order valence-electron chi connectivity index (χ1n) is 3.21. The topological polar surface area (TPSA) is 46.2 Å². The molecule has 0 amide bonds. The van der Waals surface area contributed by atoms with Gasteiger partial charge in [-0.1, -0.05) is 0 Å². The molecule has 0 aromatic rings. The molecule has 0 heterocycles. The number of methoxy groups -OCH3 is 4. The van der Waals surface area contributed by atoms with Crippen LogP contribution in [0.5, 0.6) is 0 Å². The zero-order valence-electron chi connectivity index (χ0n) is 7.62. The second-order valence-electron chi connectivity index (χ2n) is 1.92. The van der Waals surface area contributed by atoms with E-state index in [0.717, 1.165) is 0 Å². The van der Waals surface area contributed by atoms with E-state index in [4.69, 9.17) is 22.3 Å². The van der Waals surface area contributed by atoms with Gasteiger partial charge in [0.25, 0.3) is 0 Å². The molecule has 71 valence electrons. The monoisotopic (exact) mass is 213 g/mol. The van der Waals surface area contributed by atoms with Crippen molar-refractivity contribution in [3.63, 3.8) is 0 Å². The van der Waals surface area contributed by atoms with Gasteiger partial charge in [0.15, 0.2) is 0 Å². The van der Waals surface area contributed by atoms with E-state index in [1.807, 2.05) is 0 Å². The number of hydrogen-bond acceptors (Lipinski definition) is 5. The molecule has 0 aromatic heterocycles. The van der Waals surface area contributed by atoms with Crippen molar-refractivity contribution in [1.82, 2.24) is 0 Å². The minimum absolute atomic E-state index is 0.725. The van der Waals surface area contributed by atoms with Crippen LogP contribution < -0.4 is 0 Å². The molecule has 0 aliphatic carbocycles. The molecule has 0 atom stereocenters. The summed E-state index contributed by atoms with van der Waals surface area (Å²) in [4.78, 5) is 0. The van der Waals surface area contributed by atoms with Gasteiger partial charge in [0.2, 0.25) is 0 Å². The summed E-state index contributed by atoms with van der Waals surface area (Å²) in [6.07, 6.45) is -0.725. The number of ether oxygens (including phenoxy) is 4. The van der Waals surface area contributed by atoms with Crippen molar-refractivity contribution >= 4 is 0 Å². The van der Waals surface area contributed by atoms with Crippen molar-refractivity contribution in [1.29, 1.82) is 0 Å². The van der Waals surface area contributed by atoms with Crippen molar-refractivity contribution in [2.45, 2.75) is 12.3 Å². The SMILES string of the molecule is COC(OC)C(OC)(OC)[O][Ti]. The Labute approximate surface area is 84.1 Å². The summed E-state index contributed by atoms with van der Waals surface area (Å²) in [6, 6.07) is 0. The van der Waals surface area contributed by atoms with Crippen LogP contribution in [0.2, 0.25) is 0 Å². The van der Waals surface area contributed by atoms with Gasteiger partial charge in [0.05, 0.1) is 0 Å². The van der Waals surface area contributed by atoms with Crippen LogP contribution in [0.3, 0.4) is 0 Å². The molecule has 6 heteroatoms. The summed E-state index contributed by atoms with van der Waals surface area (Å²) in [6.45, 7) is 0. The van der Waals surface area contributed by atoms with Gasteiger partial charge in [-0.3, -0.25) is 0 Å². The summed E-state index contributed by atoms with van der Waals surface area (Å²) in [5.41, 5.74) is 0. The molecule has 0 rings (SSSR count). The molecular formula is C6H13O5Ti. The van der Waals surface area contributed by atoms with E-state index in [0.29, 0.717) is 0 Å². The molecule has 12 heavy (non-hydrogen) atoms. The van der Waals surface area contributed by atoms with Gasteiger partial charge in [0.1, 0.15) is 0 Å². The molecule has 0 spiro atoms. The molecule has 0 aliphatic rings. The molecule has 0 aromatic carbocycles. The van der Waals surface area contributed by atoms with Gasteiger partial charge >= 0.3 is 83.8 Å². The molecule has 0 saturated carbocycles. The summed E-state index contributed by atoms with van der Waals surface area (Å²) in [5.74, 6) is -1.30. The summed E-state index contributed by atoms with van der Waals surface area (Å²) >= 11 is 1.44. The van der Waals surface area contributed by atoms with E-state index in [1.54, 1.807) is 0 Å². The second-order valence-corrected chi connectivity index (χ2v) is 2.24. The fourth-order valence-corrected chi connectivity index (χ4v) is 1.20. The second kappa shape index (κ2) is 6.04. The Hall–Kier alpha value is 0.514. The first kappa shape index (κ1) is 12.5. The maximum atomic E-state index is 4.99. The van der Waals surface area contributed by atoms with E-state index in [1.165, 1.54) is 49.3 Å². The zero-order valence-corrected chi connectivity index (χ0v) is 9.18. The van der Waals surface area contributed by atoms with Crippen molar-refractivity contribution in [2.24, 2.45) is 0 Å². The van der Waals surface area contributed by atoms with E-state index in [2.05, 4.69) is 0 Å². The van der Waals surface area contributed by atoms with Crippen LogP contribution >= 0.6 is 0 Å². The minimum atomic E-state index is -1.30. The Morgan fingerprint density at radius 2 is 1.42 bits per heavy atom. The zero-order chi connectivity index (χ0) is 9.61. The third kappa shape index (κ3) is 2.50. The third-order valence-electron chi connectivity index (χ3n) is 1.43. The van der Waals surface area contributed by atoms with Crippen LogP contribution in [-0.4, -0.2) is 40.7 Å². The molecule has 0 radical (unpaired) electrons. The van der Waals surface area contributed by atoms with Gasteiger partial charge in [0, 0.05) is 0 Å². The van der Waals surface area contributed by atoms with E-state index < -0.39 is 12.3 Å². The van der Waals surface area contributed by atoms with Gasteiger partial charge in [-0.25, -0.2) is 0 Å². The standard InChI is InChI=1S/C6H13O5.Ti/c1-8-5(9-2)6(7,10-3)11-4;/h5H,1-4H3;/q-1;+1. The Morgan fingerprint density at radius 1 is 1.00 bits per heavy atom. The van der Waals surface area contributed by atoms with E-state index in [-0.39, 0.29) is 0 Å². The number of hydrogen-bond donors (Lipinski definition) is 0. The molecule has 0 bridgehead atoms. The van der Waals surface area contributed by atoms with Crippen molar-refractivity contribution in [2.75, 3.05) is 28.4 Å². The fourth-order valence-electron chi connectivity index (χ4n) is 0.792. The predicted molar refractivity (Wildman–Crippen MR) is 35.6 cm³/mol. The van der Waals surface area contributed by atoms with Crippen LogP contribution in [0.25, 0.3) is 0 Å². The number of rotatable bonds is 6. The van der Waals surface area contributed by atoms with Gasteiger partial charge in [-0.15, -0.1) is 0 Å². The molecule has 0 fully saturated rings. The van der Waals surface area contributed by atoms with Crippen LogP contribution in [0.1, 0.15) is 0 Å². The Kier molecular flexibility index (Phi) is 6.30.